The molecule has 0 radical (unpaired) electrons. The van der Waals surface area contributed by atoms with Crippen LogP contribution in [-0.4, -0.2) is 11.1 Å². The van der Waals surface area contributed by atoms with Crippen LogP contribution in [0.2, 0.25) is 0 Å². The topological polar surface area (TPSA) is 37.3 Å². The van der Waals surface area contributed by atoms with Crippen LogP contribution < -0.4 is 0 Å². The highest BCUT2D eigenvalue weighted by molar-refractivity contribution is 7.19. The number of carboxylic acids is 1. The van der Waals surface area contributed by atoms with Gasteiger partial charge < -0.3 is 5.11 Å². The second-order valence-electron chi connectivity index (χ2n) is 4.75. The summed E-state index contributed by atoms with van der Waals surface area (Å²) in [6, 6.07) is 8.26. The summed E-state index contributed by atoms with van der Waals surface area (Å²) in [6.45, 7) is 5.96. The van der Waals surface area contributed by atoms with Gasteiger partial charge in [0.1, 0.15) is 0 Å². The van der Waals surface area contributed by atoms with Crippen LogP contribution in [0.15, 0.2) is 24.3 Å². The monoisotopic (exact) mass is 248 g/mol. The van der Waals surface area contributed by atoms with E-state index in [1.54, 1.807) is 11.3 Å². The predicted molar refractivity (Wildman–Crippen MR) is 71.8 cm³/mol. The second-order valence-corrected chi connectivity index (χ2v) is 5.87. The molecular weight excluding hydrogens is 232 g/mol. The molecule has 0 spiro atoms. The van der Waals surface area contributed by atoms with Crippen LogP contribution in [0, 0.1) is 12.8 Å². The van der Waals surface area contributed by atoms with E-state index in [0.717, 1.165) is 15.0 Å². The van der Waals surface area contributed by atoms with E-state index in [0.29, 0.717) is 0 Å². The molecule has 0 aliphatic heterocycles. The largest absolute Gasteiger partial charge is 0.481 e. The number of aliphatic carboxylic acids is 1. The first-order valence-corrected chi connectivity index (χ1v) is 6.53. The third kappa shape index (κ3) is 2.34. The molecule has 90 valence electrons. The highest BCUT2D eigenvalue weighted by Crippen LogP contribution is 2.35. The minimum atomic E-state index is -0.733. The first kappa shape index (κ1) is 12.1. The third-order valence-corrected chi connectivity index (χ3v) is 4.13. The van der Waals surface area contributed by atoms with Crippen LogP contribution in [0.1, 0.15) is 30.2 Å². The molecule has 1 unspecified atom stereocenters. The lowest BCUT2D eigenvalue weighted by Crippen LogP contribution is -2.16. The van der Waals surface area contributed by atoms with Crippen molar-refractivity contribution in [2.45, 2.75) is 26.7 Å². The molecule has 0 fully saturated rings. The molecule has 0 amide bonds. The van der Waals surface area contributed by atoms with Gasteiger partial charge in [-0.3, -0.25) is 4.79 Å². The Morgan fingerprint density at radius 3 is 2.59 bits per heavy atom. The minimum Gasteiger partial charge on any atom is -0.481 e. The van der Waals surface area contributed by atoms with Gasteiger partial charge in [0.05, 0.1) is 5.92 Å². The molecule has 0 bridgehead atoms. The molecule has 0 aliphatic carbocycles. The van der Waals surface area contributed by atoms with Gasteiger partial charge in [-0.25, -0.2) is 0 Å². The smallest absolute Gasteiger partial charge is 0.312 e. The summed E-state index contributed by atoms with van der Waals surface area (Å²) in [4.78, 5) is 12.2. The van der Waals surface area contributed by atoms with Crippen LogP contribution in [0.25, 0.3) is 10.1 Å². The van der Waals surface area contributed by atoms with Gasteiger partial charge in [0.2, 0.25) is 0 Å². The zero-order valence-corrected chi connectivity index (χ0v) is 11.0. The number of aryl methyl sites for hydroxylation is 1. The van der Waals surface area contributed by atoms with Crippen molar-refractivity contribution in [2.75, 3.05) is 0 Å². The van der Waals surface area contributed by atoms with Crippen molar-refractivity contribution in [3.05, 3.63) is 34.7 Å². The Bertz CT molecular complexity index is 554. The molecule has 2 rings (SSSR count). The molecule has 17 heavy (non-hydrogen) atoms. The maximum atomic E-state index is 11.3. The fourth-order valence-electron chi connectivity index (χ4n) is 2.07. The van der Waals surface area contributed by atoms with Gasteiger partial charge in [-0.15, -0.1) is 11.3 Å². The van der Waals surface area contributed by atoms with E-state index in [1.807, 2.05) is 26.8 Å². The van der Waals surface area contributed by atoms with Crippen molar-refractivity contribution >= 4 is 27.4 Å². The predicted octanol–water partition coefficient (Wildman–Crippen LogP) is 4.03. The Kier molecular flexibility index (Phi) is 3.20. The van der Waals surface area contributed by atoms with Crippen LogP contribution in [0.4, 0.5) is 0 Å². The molecule has 1 atom stereocenters. The van der Waals surface area contributed by atoms with Crippen LogP contribution in [-0.2, 0) is 4.79 Å². The van der Waals surface area contributed by atoms with E-state index in [2.05, 4.69) is 18.2 Å². The number of benzene rings is 1. The average Bonchev–Trinajstić information content (AvgIpc) is 2.58. The lowest BCUT2D eigenvalue weighted by atomic mass is 9.94. The molecule has 1 N–H and O–H groups in total. The Morgan fingerprint density at radius 1 is 1.29 bits per heavy atom. The Balaban J connectivity index is 2.51. The van der Waals surface area contributed by atoms with Gasteiger partial charge in [0.25, 0.3) is 0 Å². The van der Waals surface area contributed by atoms with Crippen LogP contribution in [0.5, 0.6) is 0 Å². The maximum Gasteiger partial charge on any atom is 0.312 e. The first-order chi connectivity index (χ1) is 7.99. The summed E-state index contributed by atoms with van der Waals surface area (Å²) in [5.74, 6) is -1.02. The third-order valence-electron chi connectivity index (χ3n) is 2.93. The normalized spacial score (nSPS) is 13.2. The number of fused-ring (bicyclic) bond motifs is 1. The van der Waals surface area contributed by atoms with Gasteiger partial charge in [-0.2, -0.15) is 0 Å². The summed E-state index contributed by atoms with van der Waals surface area (Å²) < 4.78 is 1.16. The van der Waals surface area contributed by atoms with Crippen molar-refractivity contribution in [3.8, 4) is 0 Å². The van der Waals surface area contributed by atoms with Crippen molar-refractivity contribution in [1.82, 2.24) is 0 Å². The summed E-state index contributed by atoms with van der Waals surface area (Å²) in [5, 5.41) is 10.4. The van der Waals surface area contributed by atoms with E-state index < -0.39 is 11.9 Å². The van der Waals surface area contributed by atoms with Crippen molar-refractivity contribution < 1.29 is 9.90 Å². The molecule has 1 aromatic heterocycles. The minimum absolute atomic E-state index is 0.113. The number of hydrogen-bond acceptors (Lipinski definition) is 2. The van der Waals surface area contributed by atoms with E-state index in [1.165, 1.54) is 5.56 Å². The molecule has 1 heterocycles. The van der Waals surface area contributed by atoms with Crippen LogP contribution >= 0.6 is 11.3 Å². The lowest BCUT2D eigenvalue weighted by molar-refractivity contribution is -0.139. The van der Waals surface area contributed by atoms with Crippen molar-refractivity contribution in [1.29, 1.82) is 0 Å². The molecule has 1 aromatic carbocycles. The summed E-state index contributed by atoms with van der Waals surface area (Å²) in [5.41, 5.74) is 1.21. The zero-order valence-electron chi connectivity index (χ0n) is 10.2. The van der Waals surface area contributed by atoms with E-state index in [-0.39, 0.29) is 5.92 Å². The second kappa shape index (κ2) is 4.49. The van der Waals surface area contributed by atoms with Crippen molar-refractivity contribution in [2.24, 2.45) is 5.92 Å². The molecule has 0 saturated carbocycles. The number of thiophene rings is 1. The number of carboxylic acid groups (broad SMARTS) is 1. The lowest BCUT2D eigenvalue weighted by Gasteiger charge is -2.13. The Hall–Kier alpha value is -1.35. The Labute approximate surface area is 105 Å². The zero-order chi connectivity index (χ0) is 12.6. The highest BCUT2D eigenvalue weighted by atomic mass is 32.1. The quantitative estimate of drug-likeness (QED) is 0.890. The number of hydrogen-bond donors (Lipinski definition) is 1. The fourth-order valence-corrected chi connectivity index (χ4v) is 3.38. The van der Waals surface area contributed by atoms with E-state index >= 15 is 0 Å². The average molecular weight is 248 g/mol. The molecular formula is C14H16O2S. The maximum absolute atomic E-state index is 11.3. The summed E-state index contributed by atoms with van der Waals surface area (Å²) in [6.07, 6.45) is 0. The van der Waals surface area contributed by atoms with Crippen LogP contribution in [0.3, 0.4) is 0 Å². The standard InChI is InChI=1S/C14H16O2S/c1-8(2)13(14(15)16)12-7-10-6-9(3)4-5-11(10)17-12/h4-8,13H,1-3H3,(H,15,16). The van der Waals surface area contributed by atoms with Gasteiger partial charge >= 0.3 is 5.97 Å². The van der Waals surface area contributed by atoms with E-state index in [9.17, 15) is 9.90 Å². The SMILES string of the molecule is Cc1ccc2sc(C(C(=O)O)C(C)C)cc2c1. The number of carbonyl (C=O) groups is 1. The molecule has 0 aliphatic rings. The summed E-state index contributed by atoms with van der Waals surface area (Å²) >= 11 is 1.59. The van der Waals surface area contributed by atoms with Gasteiger partial charge in [-0.1, -0.05) is 31.5 Å². The summed E-state index contributed by atoms with van der Waals surface area (Å²) in [7, 11) is 0. The highest BCUT2D eigenvalue weighted by Gasteiger charge is 2.25. The fraction of sp³-hybridized carbons (Fsp3) is 0.357. The van der Waals surface area contributed by atoms with Gasteiger partial charge in [-0.05, 0) is 30.4 Å². The Morgan fingerprint density at radius 2 is 2.00 bits per heavy atom. The number of rotatable bonds is 3. The molecule has 2 nitrogen and oxygen atoms in total. The molecule has 0 saturated heterocycles. The molecule has 2 aromatic rings. The molecule has 3 heteroatoms. The van der Waals surface area contributed by atoms with Gasteiger partial charge in [0, 0.05) is 9.58 Å². The first-order valence-electron chi connectivity index (χ1n) is 5.72. The van der Waals surface area contributed by atoms with Crippen molar-refractivity contribution in [3.63, 3.8) is 0 Å². The van der Waals surface area contributed by atoms with E-state index in [4.69, 9.17) is 0 Å². The van der Waals surface area contributed by atoms with Gasteiger partial charge in [0.15, 0.2) is 0 Å².